The van der Waals surface area contributed by atoms with Gasteiger partial charge in [-0.25, -0.2) is 4.84 Å². The molecule has 0 saturated carbocycles. The van der Waals surface area contributed by atoms with Gasteiger partial charge < -0.3 is 5.11 Å². The van der Waals surface area contributed by atoms with Crippen LogP contribution in [-0.4, -0.2) is 17.1 Å². The molecule has 2 aromatic rings. The number of carboxylic acids is 1. The van der Waals surface area contributed by atoms with Crippen LogP contribution in [0.25, 0.3) is 0 Å². The molecule has 1 atom stereocenters. The smallest absolute Gasteiger partial charge is 0.304 e. The van der Waals surface area contributed by atoms with Gasteiger partial charge in [0.05, 0.1) is 6.42 Å². The highest BCUT2D eigenvalue weighted by Gasteiger charge is 2.21. The van der Waals surface area contributed by atoms with Crippen LogP contribution in [0.1, 0.15) is 29.9 Å². The number of halogens is 1. The highest BCUT2D eigenvalue weighted by atomic mass is 35.5. The van der Waals surface area contributed by atoms with Crippen molar-refractivity contribution >= 4 is 17.7 Å². The molecule has 2 N–H and O–H groups in total. The van der Waals surface area contributed by atoms with E-state index in [1.165, 1.54) is 0 Å². The van der Waals surface area contributed by atoms with Gasteiger partial charge >= 0.3 is 5.97 Å². The van der Waals surface area contributed by atoms with E-state index < -0.39 is 5.97 Å². The largest absolute Gasteiger partial charge is 0.481 e. The van der Waals surface area contributed by atoms with Gasteiger partial charge in [0.2, 0.25) is 0 Å². The summed E-state index contributed by atoms with van der Waals surface area (Å²) < 4.78 is 0. The molecule has 0 radical (unpaired) electrons. The topological polar surface area (TPSA) is 49.3 Å². The Kier molecular flexibility index (Phi) is 5.78. The zero-order valence-electron chi connectivity index (χ0n) is 11.6. The van der Waals surface area contributed by atoms with E-state index in [0.29, 0.717) is 6.42 Å². The number of benzene rings is 2. The van der Waals surface area contributed by atoms with Crippen molar-refractivity contribution < 1.29 is 9.90 Å². The monoisotopic (exact) mass is 303 g/mol. The molecule has 1 unspecified atom stereocenters. The number of carboxylic acid groups (broad SMARTS) is 1. The van der Waals surface area contributed by atoms with Crippen molar-refractivity contribution in [2.75, 3.05) is 0 Å². The second-order valence-electron chi connectivity index (χ2n) is 5.01. The summed E-state index contributed by atoms with van der Waals surface area (Å²) >= 11 is 5.72. The fourth-order valence-electron chi connectivity index (χ4n) is 2.50. The molecule has 0 aliphatic heterocycles. The van der Waals surface area contributed by atoms with Gasteiger partial charge in [-0.2, -0.15) is 0 Å². The third-order valence-electron chi connectivity index (χ3n) is 3.50. The van der Waals surface area contributed by atoms with Crippen LogP contribution in [0.3, 0.4) is 0 Å². The van der Waals surface area contributed by atoms with Gasteiger partial charge in [0.15, 0.2) is 0 Å². The molecule has 0 amide bonds. The third kappa shape index (κ3) is 4.59. The van der Waals surface area contributed by atoms with Crippen LogP contribution < -0.4 is 4.84 Å². The Labute approximate surface area is 129 Å². The van der Waals surface area contributed by atoms with Crippen molar-refractivity contribution in [3.05, 3.63) is 71.8 Å². The number of hydrogen-bond acceptors (Lipinski definition) is 2. The van der Waals surface area contributed by atoms with Crippen LogP contribution in [0.15, 0.2) is 60.7 Å². The summed E-state index contributed by atoms with van der Waals surface area (Å²) in [7, 11) is 0. The summed E-state index contributed by atoms with van der Waals surface area (Å²) in [6, 6.07) is 19.9. The van der Waals surface area contributed by atoms with Crippen molar-refractivity contribution in [1.29, 1.82) is 0 Å². The minimum Gasteiger partial charge on any atom is -0.481 e. The number of nitrogens with one attached hydrogen (secondary N) is 1. The van der Waals surface area contributed by atoms with Gasteiger partial charge in [0.1, 0.15) is 0 Å². The molecule has 0 aromatic heterocycles. The molecule has 0 fully saturated rings. The number of carbonyl (C=O) groups is 1. The third-order valence-corrected chi connectivity index (χ3v) is 3.81. The van der Waals surface area contributed by atoms with E-state index in [0.717, 1.165) is 11.1 Å². The van der Waals surface area contributed by atoms with Crippen molar-refractivity contribution in [2.45, 2.75) is 24.8 Å². The first-order chi connectivity index (χ1) is 10.2. The molecule has 0 bridgehead atoms. The number of aliphatic carboxylic acids is 1. The summed E-state index contributed by atoms with van der Waals surface area (Å²) in [5.74, 6) is -0.740. The average Bonchev–Trinajstić information content (AvgIpc) is 2.52. The minimum atomic E-state index is -0.854. The Bertz CT molecular complexity index is 520. The van der Waals surface area contributed by atoms with Gasteiger partial charge in [0, 0.05) is 12.0 Å². The molecule has 0 saturated heterocycles. The number of rotatable bonds is 7. The first-order valence-electron chi connectivity index (χ1n) is 6.88. The lowest BCUT2D eigenvalue weighted by molar-refractivity contribution is -0.137. The van der Waals surface area contributed by atoms with Gasteiger partial charge in [-0.15, -0.1) is 0 Å². The summed E-state index contributed by atoms with van der Waals surface area (Å²) in [5, 5.41) is 8.97. The van der Waals surface area contributed by atoms with Gasteiger partial charge in [-0.05, 0) is 29.3 Å². The fraction of sp³-hybridized carbons (Fsp3) is 0.235. The van der Waals surface area contributed by atoms with E-state index >= 15 is 0 Å². The summed E-state index contributed by atoms with van der Waals surface area (Å²) in [6.07, 6.45) is 0.628. The Morgan fingerprint density at radius 3 is 1.86 bits per heavy atom. The quantitative estimate of drug-likeness (QED) is 0.765. The Morgan fingerprint density at radius 2 is 1.48 bits per heavy atom. The lowest BCUT2D eigenvalue weighted by atomic mass is 9.85. The van der Waals surface area contributed by atoms with E-state index in [2.05, 4.69) is 29.1 Å². The number of hydrogen-bond donors (Lipinski definition) is 2. The Balaban J connectivity index is 2.26. The summed E-state index contributed by atoms with van der Waals surface area (Å²) in [5.41, 5.74) is 2.32. The molecule has 0 spiro atoms. The molecular formula is C17H18ClNO2. The fourth-order valence-corrected chi connectivity index (χ4v) is 2.66. The normalized spacial score (nSPS) is 12.3. The average molecular weight is 304 g/mol. The zero-order chi connectivity index (χ0) is 15.1. The first-order valence-corrected chi connectivity index (χ1v) is 7.26. The molecule has 110 valence electrons. The summed E-state index contributed by atoms with van der Waals surface area (Å²) in [4.78, 5) is 13.5. The van der Waals surface area contributed by atoms with E-state index in [-0.39, 0.29) is 18.4 Å². The van der Waals surface area contributed by atoms with Crippen LogP contribution in [0.4, 0.5) is 0 Å². The maximum absolute atomic E-state index is 10.9. The predicted molar refractivity (Wildman–Crippen MR) is 84.4 cm³/mol. The molecular weight excluding hydrogens is 286 g/mol. The zero-order valence-corrected chi connectivity index (χ0v) is 12.3. The maximum Gasteiger partial charge on any atom is 0.304 e. The van der Waals surface area contributed by atoms with Crippen LogP contribution in [0, 0.1) is 0 Å². The molecule has 0 heterocycles. The lowest BCUT2D eigenvalue weighted by Gasteiger charge is -2.22. The van der Waals surface area contributed by atoms with Crippen LogP contribution in [0.5, 0.6) is 0 Å². The van der Waals surface area contributed by atoms with Crippen molar-refractivity contribution in [1.82, 2.24) is 4.84 Å². The highest BCUT2D eigenvalue weighted by molar-refractivity contribution is 6.13. The van der Waals surface area contributed by atoms with Crippen molar-refractivity contribution in [3.63, 3.8) is 0 Å². The first kappa shape index (κ1) is 15.5. The second kappa shape index (κ2) is 7.81. The molecule has 2 aromatic carbocycles. The van der Waals surface area contributed by atoms with Gasteiger partial charge in [-0.3, -0.25) is 4.79 Å². The van der Waals surface area contributed by atoms with Gasteiger partial charge in [-0.1, -0.05) is 60.7 Å². The molecule has 2 rings (SSSR count). The molecule has 21 heavy (non-hydrogen) atoms. The molecule has 3 nitrogen and oxygen atoms in total. The van der Waals surface area contributed by atoms with Crippen LogP contribution in [-0.2, 0) is 4.79 Å². The Morgan fingerprint density at radius 1 is 1.00 bits per heavy atom. The highest BCUT2D eigenvalue weighted by Crippen LogP contribution is 2.29. The van der Waals surface area contributed by atoms with E-state index in [4.69, 9.17) is 16.9 Å². The Hall–Kier alpha value is -1.84. The van der Waals surface area contributed by atoms with E-state index in [1.807, 2.05) is 36.4 Å². The predicted octanol–water partition coefficient (Wildman–Crippen LogP) is 3.80. The van der Waals surface area contributed by atoms with Crippen molar-refractivity contribution in [3.8, 4) is 0 Å². The SMILES string of the molecule is O=C(O)CC(CC(c1ccccc1)c1ccccc1)NCl. The van der Waals surface area contributed by atoms with Gasteiger partial charge in [0.25, 0.3) is 0 Å². The lowest BCUT2D eigenvalue weighted by Crippen LogP contribution is -2.27. The summed E-state index contributed by atoms with van der Waals surface area (Å²) in [6.45, 7) is 0. The van der Waals surface area contributed by atoms with E-state index in [1.54, 1.807) is 0 Å². The second-order valence-corrected chi connectivity index (χ2v) is 5.23. The minimum absolute atomic E-state index is 0.000330. The standard InChI is InChI=1S/C17H18ClNO2/c18-19-15(12-17(20)21)11-16(13-7-3-1-4-8-13)14-9-5-2-6-10-14/h1-10,15-16,19H,11-12H2,(H,20,21). The van der Waals surface area contributed by atoms with Crippen LogP contribution >= 0.6 is 11.8 Å². The molecule has 4 heteroatoms. The van der Waals surface area contributed by atoms with E-state index in [9.17, 15) is 4.79 Å². The molecule has 0 aliphatic carbocycles. The molecule has 0 aliphatic rings. The van der Waals surface area contributed by atoms with Crippen LogP contribution in [0.2, 0.25) is 0 Å². The van der Waals surface area contributed by atoms with Crippen molar-refractivity contribution in [2.24, 2.45) is 0 Å². The maximum atomic E-state index is 10.9.